The summed E-state index contributed by atoms with van der Waals surface area (Å²) in [5.74, 6) is 1.06. The number of unbranched alkanes of at least 4 members (excludes halogenated alkanes) is 8. The Morgan fingerprint density at radius 2 is 1.40 bits per heavy atom. The third-order valence-electron chi connectivity index (χ3n) is 4.83. The highest BCUT2D eigenvalue weighted by molar-refractivity contribution is 4.62. The SMILES string of the molecule is CCCCCCCCCC[NH+]1CCC(CCCC)C1.[F-]. The van der Waals surface area contributed by atoms with E-state index < -0.39 is 0 Å². The zero-order chi connectivity index (χ0) is 13.8. The maximum Gasteiger partial charge on any atom is 0.0801 e. The Bertz CT molecular complexity index is 196. The van der Waals surface area contributed by atoms with Crippen LogP contribution in [-0.2, 0) is 0 Å². The number of rotatable bonds is 12. The summed E-state index contributed by atoms with van der Waals surface area (Å²) in [6, 6.07) is 0. The van der Waals surface area contributed by atoms with E-state index >= 15 is 0 Å². The van der Waals surface area contributed by atoms with Gasteiger partial charge in [-0.05, 0) is 19.3 Å². The first-order valence-electron chi connectivity index (χ1n) is 9.20. The molecule has 1 N–H and O–H groups in total. The predicted molar refractivity (Wildman–Crippen MR) is 85.8 cm³/mol. The smallest absolute Gasteiger partial charge is 0.0801 e. The quantitative estimate of drug-likeness (QED) is 0.515. The second-order valence-electron chi connectivity index (χ2n) is 6.73. The van der Waals surface area contributed by atoms with E-state index in [1.54, 1.807) is 0 Å². The average molecular weight is 288 g/mol. The Morgan fingerprint density at radius 3 is 2.05 bits per heavy atom. The van der Waals surface area contributed by atoms with E-state index in [0.717, 1.165) is 5.92 Å². The van der Waals surface area contributed by atoms with E-state index in [2.05, 4.69) is 13.8 Å². The van der Waals surface area contributed by atoms with Gasteiger partial charge in [0.05, 0.1) is 19.6 Å². The third kappa shape index (κ3) is 9.74. The summed E-state index contributed by atoms with van der Waals surface area (Å²) in [6.45, 7) is 9.02. The van der Waals surface area contributed by atoms with Crippen LogP contribution in [0.4, 0.5) is 0 Å². The topological polar surface area (TPSA) is 4.44 Å². The van der Waals surface area contributed by atoms with Gasteiger partial charge in [0.1, 0.15) is 0 Å². The standard InChI is InChI=1S/C18H37N.FH/c1-3-5-7-8-9-10-11-12-15-19-16-14-18(17-19)13-6-4-2;/h18H,3-17H2,1-2H3;1H. The van der Waals surface area contributed by atoms with Gasteiger partial charge in [0.25, 0.3) is 0 Å². The van der Waals surface area contributed by atoms with Crippen LogP contribution in [0.2, 0.25) is 0 Å². The molecule has 1 aliphatic heterocycles. The third-order valence-corrected chi connectivity index (χ3v) is 4.83. The molecule has 0 amide bonds. The van der Waals surface area contributed by atoms with Crippen molar-refractivity contribution in [2.75, 3.05) is 19.6 Å². The molecule has 0 radical (unpaired) electrons. The first-order chi connectivity index (χ1) is 9.36. The lowest BCUT2D eigenvalue weighted by Gasteiger charge is -2.13. The summed E-state index contributed by atoms with van der Waals surface area (Å²) in [4.78, 5) is 1.91. The van der Waals surface area contributed by atoms with Crippen molar-refractivity contribution in [3.63, 3.8) is 0 Å². The van der Waals surface area contributed by atoms with Crippen LogP contribution in [-0.4, -0.2) is 19.6 Å². The van der Waals surface area contributed by atoms with E-state index in [4.69, 9.17) is 0 Å². The Labute approximate surface area is 126 Å². The Morgan fingerprint density at radius 1 is 0.800 bits per heavy atom. The van der Waals surface area contributed by atoms with Crippen LogP contribution in [0.1, 0.15) is 90.9 Å². The van der Waals surface area contributed by atoms with Crippen molar-refractivity contribution in [2.45, 2.75) is 90.9 Å². The molecule has 122 valence electrons. The molecule has 0 bridgehead atoms. The molecule has 2 atom stereocenters. The van der Waals surface area contributed by atoms with Crippen LogP contribution in [0.5, 0.6) is 0 Å². The summed E-state index contributed by atoms with van der Waals surface area (Å²) in [5.41, 5.74) is 0. The molecule has 1 saturated heterocycles. The van der Waals surface area contributed by atoms with Crippen LogP contribution in [0.3, 0.4) is 0 Å². The molecule has 1 heterocycles. The molecule has 20 heavy (non-hydrogen) atoms. The van der Waals surface area contributed by atoms with Gasteiger partial charge in [-0.2, -0.15) is 0 Å². The molecular weight excluding hydrogens is 249 g/mol. The number of halogens is 1. The van der Waals surface area contributed by atoms with Gasteiger partial charge >= 0.3 is 0 Å². The molecule has 0 aliphatic carbocycles. The zero-order valence-corrected chi connectivity index (χ0v) is 14.1. The van der Waals surface area contributed by atoms with Crippen LogP contribution in [0.15, 0.2) is 0 Å². The number of hydrogen-bond acceptors (Lipinski definition) is 0. The molecule has 0 aromatic carbocycles. The first kappa shape index (κ1) is 19.9. The van der Waals surface area contributed by atoms with Crippen LogP contribution >= 0.6 is 0 Å². The summed E-state index contributed by atoms with van der Waals surface area (Å²) in [6.07, 6.45) is 17.5. The first-order valence-corrected chi connectivity index (χ1v) is 9.20. The van der Waals surface area contributed by atoms with Gasteiger partial charge in [-0.3, -0.25) is 0 Å². The second-order valence-corrected chi connectivity index (χ2v) is 6.73. The van der Waals surface area contributed by atoms with E-state index in [9.17, 15) is 0 Å². The van der Waals surface area contributed by atoms with Crippen LogP contribution < -0.4 is 9.60 Å². The molecule has 2 heteroatoms. The van der Waals surface area contributed by atoms with E-state index in [1.807, 2.05) is 4.90 Å². The molecule has 1 aliphatic rings. The fourth-order valence-corrected chi connectivity index (χ4v) is 3.50. The van der Waals surface area contributed by atoms with Crippen molar-refractivity contribution in [1.82, 2.24) is 0 Å². The maximum atomic E-state index is 2.32. The molecule has 0 aromatic rings. The molecule has 0 saturated carbocycles. The monoisotopic (exact) mass is 287 g/mol. The highest BCUT2D eigenvalue weighted by Crippen LogP contribution is 2.13. The Hall–Kier alpha value is -0.110. The molecule has 1 rings (SSSR count). The molecular formula is C18H38FN. The summed E-state index contributed by atoms with van der Waals surface area (Å²) < 4.78 is 0. The van der Waals surface area contributed by atoms with Crippen molar-refractivity contribution < 1.29 is 9.60 Å². The number of nitrogens with one attached hydrogen (secondary N) is 1. The maximum absolute atomic E-state index is 2.32. The average Bonchev–Trinajstić information content (AvgIpc) is 2.87. The molecule has 0 spiro atoms. The van der Waals surface area contributed by atoms with E-state index in [-0.39, 0.29) is 4.70 Å². The van der Waals surface area contributed by atoms with E-state index in [1.165, 1.54) is 96.7 Å². The second kappa shape index (κ2) is 13.9. The number of quaternary nitrogens is 1. The Kier molecular flexibility index (Phi) is 13.8. The number of likely N-dealkylation sites (tertiary alicyclic amines) is 1. The van der Waals surface area contributed by atoms with Crippen molar-refractivity contribution in [3.8, 4) is 0 Å². The van der Waals surface area contributed by atoms with Gasteiger partial charge in [0.2, 0.25) is 0 Å². The molecule has 2 unspecified atom stereocenters. The molecule has 1 fully saturated rings. The van der Waals surface area contributed by atoms with Gasteiger partial charge in [-0.25, -0.2) is 0 Å². The fourth-order valence-electron chi connectivity index (χ4n) is 3.50. The minimum atomic E-state index is 0. The molecule has 1 nitrogen and oxygen atoms in total. The van der Waals surface area contributed by atoms with Gasteiger partial charge < -0.3 is 9.60 Å². The van der Waals surface area contributed by atoms with Crippen molar-refractivity contribution in [1.29, 1.82) is 0 Å². The Balaban J connectivity index is 0.00000361. The van der Waals surface area contributed by atoms with Gasteiger partial charge in [-0.15, -0.1) is 0 Å². The van der Waals surface area contributed by atoms with Crippen LogP contribution in [0, 0.1) is 5.92 Å². The highest BCUT2D eigenvalue weighted by Gasteiger charge is 2.24. The zero-order valence-electron chi connectivity index (χ0n) is 14.1. The minimum absolute atomic E-state index is 0. The van der Waals surface area contributed by atoms with Gasteiger partial charge in [-0.1, -0.05) is 65.2 Å². The van der Waals surface area contributed by atoms with Crippen molar-refractivity contribution >= 4 is 0 Å². The van der Waals surface area contributed by atoms with Crippen molar-refractivity contribution in [3.05, 3.63) is 0 Å². The van der Waals surface area contributed by atoms with Crippen LogP contribution in [0.25, 0.3) is 0 Å². The predicted octanol–water partition coefficient (Wildman–Crippen LogP) is 1.23. The fraction of sp³-hybridized carbons (Fsp3) is 1.00. The number of hydrogen-bond donors (Lipinski definition) is 1. The summed E-state index contributed by atoms with van der Waals surface area (Å²) in [5, 5.41) is 0. The van der Waals surface area contributed by atoms with Gasteiger partial charge in [0, 0.05) is 12.3 Å². The lowest BCUT2D eigenvalue weighted by Crippen LogP contribution is -3.10. The summed E-state index contributed by atoms with van der Waals surface area (Å²) >= 11 is 0. The normalized spacial score (nSPS) is 21.9. The lowest BCUT2D eigenvalue weighted by molar-refractivity contribution is -0.889. The van der Waals surface area contributed by atoms with Crippen molar-refractivity contribution in [2.24, 2.45) is 5.92 Å². The largest absolute Gasteiger partial charge is 1.00 e. The summed E-state index contributed by atoms with van der Waals surface area (Å²) in [7, 11) is 0. The lowest BCUT2D eigenvalue weighted by atomic mass is 10.0. The van der Waals surface area contributed by atoms with E-state index in [0.29, 0.717) is 0 Å². The van der Waals surface area contributed by atoms with Gasteiger partial charge in [0.15, 0.2) is 0 Å². The molecule has 0 aromatic heterocycles. The minimum Gasteiger partial charge on any atom is -1.00 e. The highest BCUT2D eigenvalue weighted by atomic mass is 19.0.